The Morgan fingerprint density at radius 3 is 2.68 bits per heavy atom. The number of rotatable bonds is 8. The van der Waals surface area contributed by atoms with E-state index in [2.05, 4.69) is 32.7 Å². The van der Waals surface area contributed by atoms with Gasteiger partial charge < -0.3 is 15.2 Å². The van der Waals surface area contributed by atoms with Gasteiger partial charge in [-0.15, -0.1) is 18.3 Å². The van der Waals surface area contributed by atoms with Crippen molar-refractivity contribution in [2.45, 2.75) is 115 Å². The van der Waals surface area contributed by atoms with E-state index in [0.29, 0.717) is 12.8 Å². The van der Waals surface area contributed by atoms with E-state index in [1.807, 2.05) is 13.0 Å². The molecule has 0 radical (unpaired) electrons. The van der Waals surface area contributed by atoms with Crippen molar-refractivity contribution >= 4 is 23.5 Å². The van der Waals surface area contributed by atoms with Crippen LogP contribution in [-0.2, 0) is 14.3 Å². The molecule has 4 aliphatic rings. The summed E-state index contributed by atoms with van der Waals surface area (Å²) in [7, 11) is 0. The van der Waals surface area contributed by atoms with E-state index in [4.69, 9.17) is 4.74 Å². The zero-order valence-corrected chi connectivity index (χ0v) is 24.3. The zero-order chi connectivity index (χ0) is 27.9. The topological polar surface area (TPSA) is 75.6 Å². The van der Waals surface area contributed by atoms with Crippen molar-refractivity contribution in [3.63, 3.8) is 0 Å². The van der Waals surface area contributed by atoms with Gasteiger partial charge in [0.2, 0.25) is 0 Å². The van der Waals surface area contributed by atoms with Gasteiger partial charge >= 0.3 is 5.97 Å². The molecule has 0 aromatic heterocycles. The predicted octanol–water partition coefficient (Wildman–Crippen LogP) is 5.79. The summed E-state index contributed by atoms with van der Waals surface area (Å²) in [5.41, 5.74) is -1.45. The lowest BCUT2D eigenvalue weighted by Gasteiger charge is -2.61. The van der Waals surface area contributed by atoms with E-state index in [1.165, 1.54) is 0 Å². The predicted molar refractivity (Wildman–Crippen MR) is 147 cm³/mol. The number of thioether (sulfide) groups is 1. The molecule has 2 N–H and O–H groups in total. The zero-order valence-electron chi connectivity index (χ0n) is 23.5. The Morgan fingerprint density at radius 1 is 1.26 bits per heavy atom. The number of aliphatic hydroxyl groups is 1. The van der Waals surface area contributed by atoms with Gasteiger partial charge in [-0.3, -0.25) is 9.59 Å². The standard InChI is InChI=1S/C30H47F2NO4S/c1-6-28(4)15-23(37-25(35)17-38-21-9-7-8-20(14-21)33-16-24(31)32)29(5)18(2)10-12-30(19(3)27(28)36)13-11-22(34)26(29)30/h6,18-21,23-24,26-27,33,36H,1,7-17H2,2-5H3/t18-,19+,20?,21?,23-,26+,27+,28-,29+,30?/m1/s1. The molecule has 4 aliphatic carbocycles. The first kappa shape index (κ1) is 30.0. The SMILES string of the molecule is C=C[C@]1(C)C[C@@H](OC(=O)CSC2CCCC(NCC(F)F)C2)[C@]2(C)[C@H](C)CCC3(CCC(=O)[C@H]32)[C@@H](C)[C@@H]1O. The molecule has 5 nitrogen and oxygen atoms in total. The van der Waals surface area contributed by atoms with Gasteiger partial charge in [-0.05, 0) is 62.2 Å². The summed E-state index contributed by atoms with van der Waals surface area (Å²) in [5, 5.41) is 14.8. The summed E-state index contributed by atoms with van der Waals surface area (Å²) in [4.78, 5) is 26.9. The summed E-state index contributed by atoms with van der Waals surface area (Å²) < 4.78 is 31.6. The van der Waals surface area contributed by atoms with Crippen molar-refractivity contribution in [1.29, 1.82) is 0 Å². The molecular weight excluding hydrogens is 508 g/mol. The molecule has 3 unspecified atom stereocenters. The third kappa shape index (κ3) is 5.35. The van der Waals surface area contributed by atoms with Crippen LogP contribution in [-0.4, -0.2) is 59.1 Å². The Bertz CT molecular complexity index is 903. The smallest absolute Gasteiger partial charge is 0.316 e. The fourth-order valence-electron chi connectivity index (χ4n) is 8.62. The van der Waals surface area contributed by atoms with Crippen molar-refractivity contribution < 1.29 is 28.2 Å². The molecule has 0 aliphatic heterocycles. The molecule has 8 heteroatoms. The van der Waals surface area contributed by atoms with Gasteiger partial charge in [0.25, 0.3) is 6.43 Å². The lowest BCUT2D eigenvalue weighted by atomic mass is 9.44. The maximum Gasteiger partial charge on any atom is 0.316 e. The summed E-state index contributed by atoms with van der Waals surface area (Å²) in [6, 6.07) is 0.0529. The van der Waals surface area contributed by atoms with Crippen LogP contribution in [0.4, 0.5) is 8.78 Å². The van der Waals surface area contributed by atoms with Crippen LogP contribution in [0.3, 0.4) is 0 Å². The average molecular weight is 556 g/mol. The first-order valence-electron chi connectivity index (χ1n) is 14.5. The van der Waals surface area contributed by atoms with Gasteiger partial charge in [-0.1, -0.05) is 40.2 Å². The van der Waals surface area contributed by atoms with Crippen molar-refractivity contribution in [1.82, 2.24) is 5.32 Å². The number of esters is 1. The summed E-state index contributed by atoms with van der Waals surface area (Å²) in [5.74, 6) is 0.0556. The lowest BCUT2D eigenvalue weighted by Crippen LogP contribution is -2.63. The third-order valence-corrected chi connectivity index (χ3v) is 12.5. The van der Waals surface area contributed by atoms with E-state index in [9.17, 15) is 23.5 Å². The lowest BCUT2D eigenvalue weighted by molar-refractivity contribution is -0.205. The fraction of sp³-hybridized carbons (Fsp3) is 0.867. The highest BCUT2D eigenvalue weighted by Crippen LogP contribution is 2.68. The summed E-state index contributed by atoms with van der Waals surface area (Å²) in [6.45, 7) is 12.2. The van der Waals surface area contributed by atoms with Crippen LogP contribution in [0.5, 0.6) is 0 Å². The number of ether oxygens (including phenoxy) is 1. The number of nitrogens with one attached hydrogen (secondary N) is 1. The van der Waals surface area contributed by atoms with Crippen molar-refractivity contribution in [3.05, 3.63) is 12.7 Å². The van der Waals surface area contributed by atoms with E-state index >= 15 is 0 Å². The minimum absolute atomic E-state index is 0.0529. The molecule has 38 heavy (non-hydrogen) atoms. The van der Waals surface area contributed by atoms with Crippen LogP contribution >= 0.6 is 11.8 Å². The molecule has 4 fully saturated rings. The Morgan fingerprint density at radius 2 is 2.00 bits per heavy atom. The molecule has 0 spiro atoms. The van der Waals surface area contributed by atoms with Crippen molar-refractivity contribution in [2.75, 3.05) is 12.3 Å². The number of hydrogen-bond donors (Lipinski definition) is 2. The van der Waals surface area contributed by atoms with Gasteiger partial charge in [-0.25, -0.2) is 8.78 Å². The maximum atomic E-state index is 13.5. The van der Waals surface area contributed by atoms with Crippen molar-refractivity contribution in [3.8, 4) is 0 Å². The summed E-state index contributed by atoms with van der Waals surface area (Å²) >= 11 is 1.55. The number of Topliss-reactive ketones (excluding diaryl/α,β-unsaturated/α-hetero) is 1. The van der Waals surface area contributed by atoms with E-state index < -0.39 is 29.5 Å². The number of alkyl halides is 2. The van der Waals surface area contributed by atoms with Crippen LogP contribution in [0.25, 0.3) is 0 Å². The number of halogens is 2. The van der Waals surface area contributed by atoms with E-state index in [1.54, 1.807) is 11.8 Å². The van der Waals surface area contributed by atoms with E-state index in [-0.39, 0.29) is 58.5 Å². The normalized spacial score (nSPS) is 45.3. The molecule has 4 rings (SSSR count). The third-order valence-electron chi connectivity index (χ3n) is 11.2. The molecule has 4 saturated carbocycles. The largest absolute Gasteiger partial charge is 0.461 e. The summed E-state index contributed by atoms with van der Waals surface area (Å²) in [6.07, 6.45) is 5.41. The number of ketones is 1. The Labute approximate surface area is 231 Å². The van der Waals surface area contributed by atoms with Gasteiger partial charge in [0.15, 0.2) is 0 Å². The molecule has 0 aromatic rings. The molecule has 0 amide bonds. The molecule has 0 aromatic carbocycles. The van der Waals surface area contributed by atoms with Crippen LogP contribution in [0.2, 0.25) is 0 Å². The number of hydrogen-bond acceptors (Lipinski definition) is 6. The second-order valence-corrected chi connectivity index (χ2v) is 14.4. The molecule has 216 valence electrons. The highest BCUT2D eigenvalue weighted by molar-refractivity contribution is 8.00. The van der Waals surface area contributed by atoms with Crippen LogP contribution in [0.1, 0.15) is 85.5 Å². The Hall–Kier alpha value is -0.990. The fourth-order valence-corrected chi connectivity index (χ4v) is 9.76. The molecule has 2 bridgehead atoms. The second-order valence-electron chi connectivity index (χ2n) is 13.2. The van der Waals surface area contributed by atoms with Crippen LogP contribution in [0.15, 0.2) is 12.7 Å². The first-order chi connectivity index (χ1) is 17.9. The van der Waals surface area contributed by atoms with Gasteiger partial charge in [0, 0.05) is 34.5 Å². The van der Waals surface area contributed by atoms with Gasteiger partial charge in [0.05, 0.1) is 18.4 Å². The number of carbonyl (C=O) groups excluding carboxylic acids is 2. The Kier molecular flexibility index (Phi) is 9.06. The molecule has 10 atom stereocenters. The number of carbonyl (C=O) groups is 2. The van der Waals surface area contributed by atoms with E-state index in [0.717, 1.165) is 44.9 Å². The maximum absolute atomic E-state index is 13.5. The van der Waals surface area contributed by atoms with Crippen LogP contribution in [0, 0.1) is 34.0 Å². The number of aliphatic hydroxyl groups excluding tert-OH is 1. The first-order valence-corrected chi connectivity index (χ1v) is 15.6. The van der Waals surface area contributed by atoms with Gasteiger partial charge in [0.1, 0.15) is 11.9 Å². The van der Waals surface area contributed by atoms with Gasteiger partial charge in [-0.2, -0.15) is 0 Å². The Balaban J connectivity index is 1.52. The highest BCUT2D eigenvalue weighted by Gasteiger charge is 2.68. The molecular formula is C30H47F2NO4S. The second kappa shape index (κ2) is 11.5. The quantitative estimate of drug-likeness (QED) is 0.292. The average Bonchev–Trinajstić information content (AvgIpc) is 3.25. The van der Waals surface area contributed by atoms with Crippen LogP contribution < -0.4 is 5.32 Å². The molecule has 0 saturated heterocycles. The highest BCUT2D eigenvalue weighted by atomic mass is 32.2. The molecule has 0 heterocycles. The minimum atomic E-state index is -2.36. The monoisotopic (exact) mass is 555 g/mol. The minimum Gasteiger partial charge on any atom is -0.461 e. The van der Waals surface area contributed by atoms with Crippen molar-refractivity contribution in [2.24, 2.45) is 34.0 Å².